The van der Waals surface area contributed by atoms with E-state index in [1.54, 1.807) is 31.3 Å². The third-order valence-electron chi connectivity index (χ3n) is 4.75. The van der Waals surface area contributed by atoms with Gasteiger partial charge in [0, 0.05) is 24.0 Å². The van der Waals surface area contributed by atoms with Crippen molar-refractivity contribution in [3.05, 3.63) is 47.3 Å². The van der Waals surface area contributed by atoms with Gasteiger partial charge in [-0.2, -0.15) is 0 Å². The second kappa shape index (κ2) is 9.41. The Morgan fingerprint density at radius 3 is 2.52 bits per heavy atom. The third kappa shape index (κ3) is 5.47. The Morgan fingerprint density at radius 2 is 1.83 bits per heavy atom. The van der Waals surface area contributed by atoms with Crippen molar-refractivity contribution < 1.29 is 19.0 Å². The third-order valence-corrected chi connectivity index (χ3v) is 4.75. The molecule has 3 rings (SSSR count). The lowest BCUT2D eigenvalue weighted by Crippen LogP contribution is -2.44. The van der Waals surface area contributed by atoms with Crippen LogP contribution in [-0.4, -0.2) is 54.2 Å². The van der Waals surface area contributed by atoms with Crippen molar-refractivity contribution in [3.63, 3.8) is 0 Å². The van der Waals surface area contributed by atoms with Crippen LogP contribution in [0.25, 0.3) is 6.08 Å². The Hall–Kier alpha value is -3.09. The molecule has 0 spiro atoms. The summed E-state index contributed by atoms with van der Waals surface area (Å²) in [6.07, 6.45) is 5.01. The van der Waals surface area contributed by atoms with Gasteiger partial charge in [0.2, 0.25) is 5.91 Å². The Labute approximate surface area is 171 Å². The van der Waals surface area contributed by atoms with E-state index in [1.165, 1.54) is 0 Å². The maximum atomic E-state index is 12.7. The summed E-state index contributed by atoms with van der Waals surface area (Å²) in [6.45, 7) is 5.06. The molecule has 1 aliphatic heterocycles. The summed E-state index contributed by atoms with van der Waals surface area (Å²) in [7, 11) is 3.18. The van der Waals surface area contributed by atoms with Gasteiger partial charge in [-0.3, -0.25) is 4.79 Å². The van der Waals surface area contributed by atoms with Crippen LogP contribution in [0.5, 0.6) is 17.5 Å². The number of aryl methyl sites for hydroxylation is 2. The summed E-state index contributed by atoms with van der Waals surface area (Å²) in [5, 5.41) is 0. The molecule has 1 amide bonds. The average Bonchev–Trinajstić information content (AvgIpc) is 2.71. The van der Waals surface area contributed by atoms with Gasteiger partial charge >= 0.3 is 6.01 Å². The number of aromatic nitrogens is 2. The zero-order chi connectivity index (χ0) is 20.8. The minimum absolute atomic E-state index is 0.0468. The Bertz CT molecular complexity index is 877. The van der Waals surface area contributed by atoms with Gasteiger partial charge < -0.3 is 19.1 Å². The van der Waals surface area contributed by atoms with E-state index in [4.69, 9.17) is 14.2 Å². The van der Waals surface area contributed by atoms with E-state index in [0.29, 0.717) is 30.6 Å². The number of amides is 1. The number of piperidine rings is 1. The van der Waals surface area contributed by atoms with Gasteiger partial charge in [0.05, 0.1) is 20.8 Å². The van der Waals surface area contributed by atoms with E-state index in [1.807, 2.05) is 38.1 Å². The molecule has 29 heavy (non-hydrogen) atoms. The van der Waals surface area contributed by atoms with E-state index >= 15 is 0 Å². The molecule has 7 nitrogen and oxygen atoms in total. The standard InChI is InChI=1S/C22H27N3O4/c1-15-12-16(2)24-22(23-15)29-18-6-5-11-25(14-18)21(26)10-8-17-7-9-19(27-3)20(13-17)28-4/h7-10,12-13,18H,5-6,11,14H2,1-4H3/b10-8+. The smallest absolute Gasteiger partial charge is 0.317 e. The molecule has 7 heteroatoms. The van der Waals surface area contributed by atoms with Crippen LogP contribution in [0.4, 0.5) is 0 Å². The first-order valence-corrected chi connectivity index (χ1v) is 9.66. The second-order valence-corrected chi connectivity index (χ2v) is 7.05. The molecule has 1 fully saturated rings. The van der Waals surface area contributed by atoms with E-state index in [9.17, 15) is 4.79 Å². The van der Waals surface area contributed by atoms with Gasteiger partial charge in [-0.1, -0.05) is 6.07 Å². The maximum Gasteiger partial charge on any atom is 0.317 e. The molecular weight excluding hydrogens is 370 g/mol. The summed E-state index contributed by atoms with van der Waals surface area (Å²) in [4.78, 5) is 23.1. The van der Waals surface area contributed by atoms with Gasteiger partial charge in [-0.15, -0.1) is 0 Å². The maximum absolute atomic E-state index is 12.7. The highest BCUT2D eigenvalue weighted by Gasteiger charge is 2.24. The highest BCUT2D eigenvalue weighted by Crippen LogP contribution is 2.28. The van der Waals surface area contributed by atoms with Gasteiger partial charge in [0.25, 0.3) is 0 Å². The number of carbonyl (C=O) groups excluding carboxylic acids is 1. The van der Waals surface area contributed by atoms with Crippen molar-refractivity contribution in [1.82, 2.24) is 14.9 Å². The second-order valence-electron chi connectivity index (χ2n) is 7.05. The lowest BCUT2D eigenvalue weighted by atomic mass is 10.1. The first-order valence-electron chi connectivity index (χ1n) is 9.66. The predicted octanol–water partition coefficient (Wildman–Crippen LogP) is 3.19. The van der Waals surface area contributed by atoms with Crippen LogP contribution in [0, 0.1) is 13.8 Å². The molecule has 1 aromatic carbocycles. The molecule has 0 saturated carbocycles. The zero-order valence-electron chi connectivity index (χ0n) is 17.3. The zero-order valence-corrected chi connectivity index (χ0v) is 17.3. The van der Waals surface area contributed by atoms with Crippen molar-refractivity contribution >= 4 is 12.0 Å². The normalized spacial score (nSPS) is 16.7. The van der Waals surface area contributed by atoms with Gasteiger partial charge in [-0.05, 0) is 56.5 Å². The molecule has 0 N–H and O–H groups in total. The summed E-state index contributed by atoms with van der Waals surface area (Å²) < 4.78 is 16.5. The van der Waals surface area contributed by atoms with Crippen LogP contribution >= 0.6 is 0 Å². The number of likely N-dealkylation sites (tertiary alicyclic amines) is 1. The Balaban J connectivity index is 1.62. The molecule has 0 radical (unpaired) electrons. The number of hydrogen-bond donors (Lipinski definition) is 0. The number of carbonyl (C=O) groups is 1. The number of rotatable bonds is 6. The van der Waals surface area contributed by atoms with Gasteiger partial charge in [-0.25, -0.2) is 9.97 Å². The summed E-state index contributed by atoms with van der Waals surface area (Å²) >= 11 is 0. The number of benzene rings is 1. The molecule has 1 atom stereocenters. The molecule has 0 aliphatic carbocycles. The van der Waals surface area contributed by atoms with Crippen LogP contribution in [-0.2, 0) is 4.79 Å². The van der Waals surface area contributed by atoms with Crippen molar-refractivity contribution in [2.24, 2.45) is 0 Å². The first kappa shape index (κ1) is 20.6. The van der Waals surface area contributed by atoms with E-state index in [-0.39, 0.29) is 12.0 Å². The van der Waals surface area contributed by atoms with Crippen molar-refractivity contribution in [3.8, 4) is 17.5 Å². The molecular formula is C22H27N3O4. The fourth-order valence-corrected chi connectivity index (χ4v) is 3.36. The topological polar surface area (TPSA) is 73.8 Å². The van der Waals surface area contributed by atoms with E-state index in [0.717, 1.165) is 29.8 Å². The number of nitrogens with zero attached hydrogens (tertiary/aromatic N) is 3. The van der Waals surface area contributed by atoms with Crippen LogP contribution in [0.3, 0.4) is 0 Å². The van der Waals surface area contributed by atoms with Crippen molar-refractivity contribution in [2.45, 2.75) is 32.8 Å². The Kier molecular flexibility index (Phi) is 6.69. The summed E-state index contributed by atoms with van der Waals surface area (Å²) in [5.74, 6) is 1.23. The van der Waals surface area contributed by atoms with Crippen molar-refractivity contribution in [1.29, 1.82) is 0 Å². The fourth-order valence-electron chi connectivity index (χ4n) is 3.36. The lowest BCUT2D eigenvalue weighted by molar-refractivity contribution is -0.128. The highest BCUT2D eigenvalue weighted by atomic mass is 16.5. The minimum atomic E-state index is -0.108. The monoisotopic (exact) mass is 397 g/mol. The first-order chi connectivity index (χ1) is 14.0. The van der Waals surface area contributed by atoms with Gasteiger partial charge in [0.1, 0.15) is 6.10 Å². The fraction of sp³-hybridized carbons (Fsp3) is 0.409. The summed E-state index contributed by atoms with van der Waals surface area (Å²) in [5.41, 5.74) is 2.60. The van der Waals surface area contributed by atoms with Crippen LogP contribution < -0.4 is 14.2 Å². The largest absolute Gasteiger partial charge is 0.493 e. The molecule has 154 valence electrons. The predicted molar refractivity (Wildman–Crippen MR) is 110 cm³/mol. The van der Waals surface area contributed by atoms with Gasteiger partial charge in [0.15, 0.2) is 11.5 Å². The number of ether oxygens (including phenoxy) is 3. The highest BCUT2D eigenvalue weighted by molar-refractivity contribution is 5.92. The molecule has 1 aliphatic rings. The molecule has 2 heterocycles. The quantitative estimate of drug-likeness (QED) is 0.697. The molecule has 2 aromatic rings. The lowest BCUT2D eigenvalue weighted by Gasteiger charge is -2.31. The summed E-state index contributed by atoms with van der Waals surface area (Å²) in [6, 6.07) is 7.81. The number of methoxy groups -OCH3 is 2. The van der Waals surface area contributed by atoms with Crippen molar-refractivity contribution in [2.75, 3.05) is 27.3 Å². The van der Waals surface area contributed by atoms with E-state index < -0.39 is 0 Å². The van der Waals surface area contributed by atoms with Crippen LogP contribution in [0.1, 0.15) is 29.8 Å². The Morgan fingerprint density at radius 1 is 1.10 bits per heavy atom. The molecule has 1 unspecified atom stereocenters. The van der Waals surface area contributed by atoms with Crippen LogP contribution in [0.15, 0.2) is 30.3 Å². The minimum Gasteiger partial charge on any atom is -0.493 e. The number of hydrogen-bond acceptors (Lipinski definition) is 6. The SMILES string of the molecule is COc1ccc(/C=C/C(=O)N2CCCC(Oc3nc(C)cc(C)n3)C2)cc1OC. The molecule has 0 bridgehead atoms. The van der Waals surface area contributed by atoms with E-state index in [2.05, 4.69) is 9.97 Å². The molecule has 1 saturated heterocycles. The van der Waals surface area contributed by atoms with Crippen LogP contribution in [0.2, 0.25) is 0 Å². The molecule has 1 aromatic heterocycles. The average molecular weight is 397 g/mol.